The van der Waals surface area contributed by atoms with Crippen molar-refractivity contribution in [2.75, 3.05) is 0 Å². The molecule has 0 bridgehead atoms. The number of aliphatic hydroxyl groups is 1. The number of hydrogen-bond acceptors (Lipinski definition) is 4. The minimum absolute atomic E-state index is 0.00576. The molecule has 0 spiro atoms. The van der Waals surface area contributed by atoms with Crippen LogP contribution in [0.25, 0.3) is 0 Å². The monoisotopic (exact) mass is 468 g/mol. The molecule has 0 aliphatic heterocycles. The van der Waals surface area contributed by atoms with Crippen LogP contribution in [-0.4, -0.2) is 23.0 Å². The molecule has 0 heterocycles. The highest BCUT2D eigenvalue weighted by Crippen LogP contribution is 2.71. The molecule has 0 amide bonds. The van der Waals surface area contributed by atoms with E-state index in [2.05, 4.69) is 47.6 Å². The molecule has 3 saturated carbocycles. The highest BCUT2D eigenvalue weighted by atomic mass is 16.5. The lowest BCUT2D eigenvalue weighted by atomic mass is 9.37. The molecule has 3 fully saturated rings. The summed E-state index contributed by atoms with van der Waals surface area (Å²) in [5.41, 5.74) is 2.34. The first-order valence-electron chi connectivity index (χ1n) is 13.7. The minimum atomic E-state index is -0.199. The van der Waals surface area contributed by atoms with Crippen molar-refractivity contribution in [2.45, 2.75) is 99.5 Å². The molecular formula is C30H44O4. The predicted molar refractivity (Wildman–Crippen MR) is 133 cm³/mol. The van der Waals surface area contributed by atoms with Crippen LogP contribution in [0, 0.1) is 51.8 Å². The van der Waals surface area contributed by atoms with E-state index in [1.54, 1.807) is 0 Å². The number of hydrogen-bond donors (Lipinski definition) is 1. The third-order valence-electron chi connectivity index (χ3n) is 11.7. The van der Waals surface area contributed by atoms with Crippen LogP contribution >= 0.6 is 0 Å². The van der Waals surface area contributed by atoms with Crippen molar-refractivity contribution in [2.24, 2.45) is 51.8 Å². The quantitative estimate of drug-likeness (QED) is 0.430. The van der Waals surface area contributed by atoms with Crippen LogP contribution in [0.15, 0.2) is 23.0 Å². The number of carbonyl (C=O) groups excluding carboxylic acids is 2. The fourth-order valence-electron chi connectivity index (χ4n) is 9.85. The molecule has 188 valence electrons. The van der Waals surface area contributed by atoms with Crippen molar-refractivity contribution in [3.05, 3.63) is 23.0 Å². The first-order valence-corrected chi connectivity index (χ1v) is 13.7. The van der Waals surface area contributed by atoms with E-state index in [0.29, 0.717) is 35.7 Å². The molecule has 9 atom stereocenters. The van der Waals surface area contributed by atoms with E-state index >= 15 is 0 Å². The van der Waals surface area contributed by atoms with Crippen molar-refractivity contribution < 1.29 is 19.4 Å². The standard InChI is InChI=1S/C30H44O4/c1-16-8-9-19-14-21(33)27-26(25(19)17(16)2)20(32)15-23-29(6)13-11-24(34-18(3)31)28(4,5)22(29)10-12-30(23,27)7/h14,16-17,22-24,26-27,33H,8-13,15H2,1-7H3/t16-,17-,22-,23-,24-,26-,27-,29-,30+/m1/s1. The molecule has 34 heavy (non-hydrogen) atoms. The lowest BCUT2D eigenvalue weighted by Crippen LogP contribution is -2.64. The number of fused-ring (bicyclic) bond motifs is 6. The van der Waals surface area contributed by atoms with Crippen LogP contribution in [-0.2, 0) is 14.3 Å². The highest BCUT2D eigenvalue weighted by Gasteiger charge is 2.67. The van der Waals surface area contributed by atoms with E-state index in [1.807, 2.05) is 0 Å². The van der Waals surface area contributed by atoms with Crippen LogP contribution in [0.3, 0.4) is 0 Å². The van der Waals surface area contributed by atoms with Crippen molar-refractivity contribution >= 4 is 11.8 Å². The molecular weight excluding hydrogens is 424 g/mol. The maximum atomic E-state index is 14.0. The SMILES string of the molecule is CC(=O)O[C@@H]1CC[C@@]2(C)[C@H]3CC(=O)[C@@H]4C5=C(C=C(O)[C@H]4[C@@]3(C)CC[C@@H]2C1(C)C)CC[C@@H](C)[C@H]5C. The summed E-state index contributed by atoms with van der Waals surface area (Å²) in [5.74, 6) is 1.96. The number of Topliss-reactive ketones (excluding diaryl/α,β-unsaturated/α-hetero) is 1. The number of ether oxygens (including phenoxy) is 1. The Balaban J connectivity index is 1.54. The van der Waals surface area contributed by atoms with Gasteiger partial charge in [-0.15, -0.1) is 0 Å². The smallest absolute Gasteiger partial charge is 0.302 e. The van der Waals surface area contributed by atoms with Gasteiger partial charge in [0.2, 0.25) is 0 Å². The maximum absolute atomic E-state index is 14.0. The molecule has 4 heteroatoms. The Morgan fingerprint density at radius 3 is 2.38 bits per heavy atom. The Morgan fingerprint density at radius 2 is 1.71 bits per heavy atom. The Morgan fingerprint density at radius 1 is 1.03 bits per heavy atom. The summed E-state index contributed by atoms with van der Waals surface area (Å²) in [4.78, 5) is 25.8. The van der Waals surface area contributed by atoms with E-state index in [-0.39, 0.29) is 46.1 Å². The van der Waals surface area contributed by atoms with E-state index in [4.69, 9.17) is 4.74 Å². The van der Waals surface area contributed by atoms with Crippen LogP contribution < -0.4 is 0 Å². The van der Waals surface area contributed by atoms with E-state index in [9.17, 15) is 14.7 Å². The molecule has 0 unspecified atom stereocenters. The van der Waals surface area contributed by atoms with Crippen molar-refractivity contribution in [3.63, 3.8) is 0 Å². The summed E-state index contributed by atoms with van der Waals surface area (Å²) in [7, 11) is 0. The van der Waals surface area contributed by atoms with Gasteiger partial charge in [0.25, 0.3) is 0 Å². The summed E-state index contributed by atoms with van der Waals surface area (Å²) in [6.45, 7) is 15.4. The number of allylic oxidation sites excluding steroid dienone is 4. The number of rotatable bonds is 1. The van der Waals surface area contributed by atoms with Crippen LogP contribution in [0.5, 0.6) is 0 Å². The van der Waals surface area contributed by atoms with Gasteiger partial charge in [0, 0.05) is 30.6 Å². The summed E-state index contributed by atoms with van der Waals surface area (Å²) in [5, 5.41) is 11.5. The lowest BCUT2D eigenvalue weighted by Gasteiger charge is -2.67. The van der Waals surface area contributed by atoms with Gasteiger partial charge in [0.1, 0.15) is 11.9 Å². The summed E-state index contributed by atoms with van der Waals surface area (Å²) < 4.78 is 5.81. The molecule has 5 rings (SSSR count). The third-order valence-corrected chi connectivity index (χ3v) is 11.7. The average molecular weight is 469 g/mol. The number of carbonyl (C=O) groups is 2. The predicted octanol–water partition coefficient (Wildman–Crippen LogP) is 6.80. The highest BCUT2D eigenvalue weighted by molar-refractivity contribution is 5.87. The summed E-state index contributed by atoms with van der Waals surface area (Å²) >= 11 is 0. The molecule has 0 aromatic heterocycles. The van der Waals surface area contributed by atoms with Crippen LogP contribution in [0.1, 0.15) is 93.4 Å². The number of ketones is 1. The van der Waals surface area contributed by atoms with Gasteiger partial charge >= 0.3 is 5.97 Å². The molecule has 0 saturated heterocycles. The van der Waals surface area contributed by atoms with E-state index in [0.717, 1.165) is 38.5 Å². The maximum Gasteiger partial charge on any atom is 0.302 e. The van der Waals surface area contributed by atoms with Gasteiger partial charge in [-0.05, 0) is 84.7 Å². The number of aliphatic hydroxyl groups excluding tert-OH is 1. The molecule has 1 N–H and O–H groups in total. The largest absolute Gasteiger partial charge is 0.512 e. The second-order valence-corrected chi connectivity index (χ2v) is 13.6. The third kappa shape index (κ3) is 3.15. The first-order chi connectivity index (χ1) is 15.8. The average Bonchev–Trinajstić information content (AvgIpc) is 2.74. The second-order valence-electron chi connectivity index (χ2n) is 13.6. The number of esters is 1. The summed E-state index contributed by atoms with van der Waals surface area (Å²) in [6.07, 6.45) is 8.58. The van der Waals surface area contributed by atoms with Crippen LogP contribution in [0.2, 0.25) is 0 Å². The van der Waals surface area contributed by atoms with Gasteiger partial charge in [-0.25, -0.2) is 0 Å². The van der Waals surface area contributed by atoms with E-state index < -0.39 is 0 Å². The summed E-state index contributed by atoms with van der Waals surface area (Å²) in [6, 6.07) is 0. The Hall–Kier alpha value is -1.58. The van der Waals surface area contributed by atoms with Crippen LogP contribution in [0.4, 0.5) is 0 Å². The van der Waals surface area contributed by atoms with Gasteiger partial charge in [0.05, 0.1) is 5.76 Å². The van der Waals surface area contributed by atoms with E-state index in [1.165, 1.54) is 18.1 Å². The van der Waals surface area contributed by atoms with Crippen molar-refractivity contribution in [1.29, 1.82) is 0 Å². The first kappa shape index (κ1) is 24.1. The lowest BCUT2D eigenvalue weighted by molar-refractivity contribution is -0.207. The van der Waals surface area contributed by atoms with Gasteiger partial charge in [-0.3, -0.25) is 9.59 Å². The fourth-order valence-corrected chi connectivity index (χ4v) is 9.85. The minimum Gasteiger partial charge on any atom is -0.512 e. The normalized spacial score (nSPS) is 47.6. The molecule has 0 aromatic rings. The topological polar surface area (TPSA) is 63.6 Å². The van der Waals surface area contributed by atoms with Crippen molar-refractivity contribution in [1.82, 2.24) is 0 Å². The van der Waals surface area contributed by atoms with Gasteiger partial charge in [-0.2, -0.15) is 0 Å². The van der Waals surface area contributed by atoms with Gasteiger partial charge in [-0.1, -0.05) is 47.1 Å². The molecule has 0 radical (unpaired) electrons. The zero-order valence-corrected chi connectivity index (χ0v) is 22.2. The van der Waals surface area contributed by atoms with Crippen molar-refractivity contribution in [3.8, 4) is 0 Å². The molecule has 5 aliphatic carbocycles. The molecule has 0 aromatic carbocycles. The Bertz CT molecular complexity index is 972. The van der Waals surface area contributed by atoms with Gasteiger partial charge < -0.3 is 9.84 Å². The Kier molecular flexibility index (Phi) is 5.47. The second kappa shape index (κ2) is 7.71. The molecule has 5 aliphatic rings. The zero-order valence-electron chi connectivity index (χ0n) is 22.2. The fraction of sp³-hybridized carbons (Fsp3) is 0.800. The zero-order chi connectivity index (χ0) is 24.8. The Labute approximate surface area is 205 Å². The van der Waals surface area contributed by atoms with Gasteiger partial charge in [0.15, 0.2) is 0 Å². The molecule has 4 nitrogen and oxygen atoms in total.